The predicted molar refractivity (Wildman–Crippen MR) is 49.2 cm³/mol. The summed E-state index contributed by atoms with van der Waals surface area (Å²) in [7, 11) is 0.364. The van der Waals surface area contributed by atoms with Crippen LogP contribution in [0, 0.1) is 0 Å². The van der Waals surface area contributed by atoms with E-state index < -0.39 is 6.72 Å². The van der Waals surface area contributed by atoms with E-state index in [1.54, 1.807) is 0 Å². The first-order chi connectivity index (χ1) is 3.95. The van der Waals surface area contributed by atoms with Crippen molar-refractivity contribution in [1.82, 2.24) is 0 Å². The average molecular weight is 196 g/mol. The van der Waals surface area contributed by atoms with Crippen LogP contribution in [-0.2, 0) is 10.9 Å². The summed E-state index contributed by atoms with van der Waals surface area (Å²) < 4.78 is 0. The maximum atomic E-state index is 8.53. The first-order valence-electron chi connectivity index (χ1n) is 2.75. The van der Waals surface area contributed by atoms with Crippen LogP contribution in [0.4, 0.5) is 0 Å². The zero-order valence-corrected chi connectivity index (χ0v) is 7.31. The van der Waals surface area contributed by atoms with E-state index in [9.17, 15) is 0 Å². The van der Waals surface area contributed by atoms with Crippen LogP contribution in [0.1, 0.15) is 20.3 Å². The molecule has 3 nitrogen and oxygen atoms in total. The molecular weight excluding hydrogens is 182 g/mol. The zero-order chi connectivity index (χ0) is 7.49. The van der Waals surface area contributed by atoms with Crippen LogP contribution in [0.2, 0.25) is 0 Å². The Kier molecular flexibility index (Phi) is 8.81. The Morgan fingerprint density at radius 2 is 1.80 bits per heavy atom. The van der Waals surface area contributed by atoms with Gasteiger partial charge in [0.2, 0.25) is 0 Å². The van der Waals surface area contributed by atoms with Crippen molar-refractivity contribution in [2.24, 2.45) is 0 Å². The van der Waals surface area contributed by atoms with Crippen LogP contribution in [-0.4, -0.2) is 49.5 Å². The first-order valence-corrected chi connectivity index (χ1v) is 6.07. The Balaban J connectivity index is 0. The van der Waals surface area contributed by atoms with Gasteiger partial charge in [0, 0.05) is 0 Å². The van der Waals surface area contributed by atoms with Crippen molar-refractivity contribution in [3.63, 3.8) is 0 Å². The van der Waals surface area contributed by atoms with Crippen molar-refractivity contribution < 1.29 is 14.7 Å². The molecule has 0 amide bonds. The molecule has 1 atom stereocenters. The van der Waals surface area contributed by atoms with Crippen molar-refractivity contribution in [3.8, 4) is 0 Å². The van der Waals surface area contributed by atoms with E-state index in [-0.39, 0.29) is 34.8 Å². The number of rotatable bonds is 2. The standard InChI is InChI=1S/C4H13O3PS.Na.H/c1-3-4(2)9-8(5,6)7;;/h4-7,9H,3H2,1-2H3;;. The summed E-state index contributed by atoms with van der Waals surface area (Å²) in [5, 5.41) is 0.165. The van der Waals surface area contributed by atoms with Gasteiger partial charge in [0.25, 0.3) is 6.72 Å². The number of thiol groups is 1. The zero-order valence-electron chi connectivity index (χ0n) is 5.52. The van der Waals surface area contributed by atoms with Gasteiger partial charge < -0.3 is 14.7 Å². The van der Waals surface area contributed by atoms with Gasteiger partial charge in [0.05, 0.1) is 0 Å². The van der Waals surface area contributed by atoms with E-state index in [1.165, 1.54) is 0 Å². The van der Waals surface area contributed by atoms with Crippen molar-refractivity contribution in [2.45, 2.75) is 25.5 Å². The first kappa shape index (κ1) is 14.2. The van der Waals surface area contributed by atoms with Crippen molar-refractivity contribution in [3.05, 3.63) is 0 Å². The summed E-state index contributed by atoms with van der Waals surface area (Å²) in [6.45, 7) is 0.282. The number of hydrogen-bond donors (Lipinski definition) is 4. The third-order valence-corrected chi connectivity index (χ3v) is 4.12. The summed E-state index contributed by atoms with van der Waals surface area (Å²) in [4.78, 5) is 25.6. The van der Waals surface area contributed by atoms with E-state index >= 15 is 0 Å². The van der Waals surface area contributed by atoms with Gasteiger partial charge in [-0.25, -0.2) is 0 Å². The molecule has 0 heterocycles. The molecule has 3 N–H and O–H groups in total. The van der Waals surface area contributed by atoms with Gasteiger partial charge in [-0.15, -0.1) is 10.9 Å². The third kappa shape index (κ3) is 9.66. The summed E-state index contributed by atoms with van der Waals surface area (Å²) in [5.41, 5.74) is 0. The molecule has 0 aromatic heterocycles. The molecule has 0 saturated carbocycles. The fourth-order valence-corrected chi connectivity index (χ4v) is 3.12. The SMILES string of the molecule is CCC(C)[SH]=P(O)(O)O.[NaH]. The van der Waals surface area contributed by atoms with E-state index in [0.29, 0.717) is 10.9 Å². The molecule has 10 heavy (non-hydrogen) atoms. The van der Waals surface area contributed by atoms with E-state index in [2.05, 4.69) is 0 Å². The van der Waals surface area contributed by atoms with E-state index in [0.717, 1.165) is 6.42 Å². The van der Waals surface area contributed by atoms with Crippen LogP contribution >= 0.6 is 6.72 Å². The maximum absolute atomic E-state index is 8.53. The van der Waals surface area contributed by atoms with E-state index in [1.807, 2.05) is 13.8 Å². The summed E-state index contributed by atoms with van der Waals surface area (Å²) >= 11 is 0. The Hall–Kier alpha value is 1.66. The molecule has 0 spiro atoms. The summed E-state index contributed by atoms with van der Waals surface area (Å²) in [6, 6.07) is 0. The Labute approximate surface area is 87.0 Å². The fraction of sp³-hybridized carbons (Fsp3) is 1.00. The van der Waals surface area contributed by atoms with Gasteiger partial charge in [-0.1, -0.05) is 13.8 Å². The molecule has 0 fully saturated rings. The normalized spacial score (nSPS) is 14.1. The van der Waals surface area contributed by atoms with E-state index in [4.69, 9.17) is 14.7 Å². The molecule has 0 aromatic rings. The Morgan fingerprint density at radius 1 is 1.40 bits per heavy atom. The van der Waals surface area contributed by atoms with Gasteiger partial charge in [-0.3, -0.25) is 0 Å². The summed E-state index contributed by atoms with van der Waals surface area (Å²) in [6.07, 6.45) is 0.852. The molecule has 1 unspecified atom stereocenters. The molecule has 0 rings (SSSR count). The van der Waals surface area contributed by atoms with Gasteiger partial charge in [0.1, 0.15) is 0 Å². The monoisotopic (exact) mass is 196 g/mol. The van der Waals surface area contributed by atoms with Gasteiger partial charge in [-0.2, -0.15) is 0 Å². The topological polar surface area (TPSA) is 60.7 Å². The van der Waals surface area contributed by atoms with Crippen LogP contribution in [0.15, 0.2) is 0 Å². The minimum absolute atomic E-state index is 0. The van der Waals surface area contributed by atoms with Gasteiger partial charge in [0.15, 0.2) is 0 Å². The minimum atomic E-state index is -3.52. The van der Waals surface area contributed by atoms with Crippen molar-refractivity contribution >= 4 is 47.2 Å². The average Bonchev–Trinajstić information content (AvgIpc) is 1.62. The molecule has 0 aromatic carbocycles. The molecule has 60 valence electrons. The van der Waals surface area contributed by atoms with Gasteiger partial charge >= 0.3 is 29.6 Å². The number of hydrogen-bond acceptors (Lipinski definition) is 0. The molecule has 0 aliphatic rings. The Bertz CT molecular complexity index is 126. The second-order valence-corrected chi connectivity index (χ2v) is 6.40. The van der Waals surface area contributed by atoms with Crippen LogP contribution in [0.5, 0.6) is 0 Å². The molecular formula is C4H14NaO3PS. The molecule has 0 bridgehead atoms. The van der Waals surface area contributed by atoms with Crippen LogP contribution in [0.25, 0.3) is 0 Å². The quantitative estimate of drug-likeness (QED) is 0.276. The van der Waals surface area contributed by atoms with Crippen molar-refractivity contribution in [2.75, 3.05) is 0 Å². The molecule has 0 saturated heterocycles. The molecule has 0 aliphatic heterocycles. The Morgan fingerprint density at radius 3 is 1.90 bits per heavy atom. The second-order valence-electron chi connectivity index (χ2n) is 1.91. The molecule has 0 aliphatic carbocycles. The second kappa shape index (κ2) is 6.21. The fourth-order valence-electron chi connectivity index (χ4n) is 0.346. The summed E-state index contributed by atoms with van der Waals surface area (Å²) in [5.74, 6) is 0. The molecule has 6 heteroatoms. The molecule has 0 radical (unpaired) electrons. The third-order valence-electron chi connectivity index (χ3n) is 0.943. The predicted octanol–water partition coefficient (Wildman–Crippen LogP) is -0.394. The van der Waals surface area contributed by atoms with Crippen LogP contribution in [0.3, 0.4) is 0 Å². The van der Waals surface area contributed by atoms with Crippen molar-refractivity contribution in [1.29, 1.82) is 0 Å². The van der Waals surface area contributed by atoms with Crippen LogP contribution < -0.4 is 0 Å². The van der Waals surface area contributed by atoms with Gasteiger partial charge in [-0.05, 0) is 11.7 Å².